The first kappa shape index (κ1) is 17.1. The molecule has 6 nitrogen and oxygen atoms in total. The first-order chi connectivity index (χ1) is 11.8. The molecular weight excluding hydrogens is 324 g/mol. The second-order valence-corrected chi connectivity index (χ2v) is 6.65. The molecule has 4 atom stereocenters. The van der Waals surface area contributed by atoms with Crippen LogP contribution in [0.3, 0.4) is 0 Å². The number of aldehydes is 1. The maximum absolute atomic E-state index is 12.4. The van der Waals surface area contributed by atoms with Gasteiger partial charge in [-0.2, -0.15) is 0 Å². The van der Waals surface area contributed by atoms with Crippen LogP contribution in [0.15, 0.2) is 47.1 Å². The summed E-state index contributed by atoms with van der Waals surface area (Å²) in [5.74, 6) is -2.73. The van der Waals surface area contributed by atoms with Crippen LogP contribution in [0.25, 0.3) is 0 Å². The average molecular weight is 342 g/mol. The summed E-state index contributed by atoms with van der Waals surface area (Å²) >= 11 is 0. The van der Waals surface area contributed by atoms with Gasteiger partial charge in [-0.25, -0.2) is 9.59 Å². The molecule has 1 heterocycles. The van der Waals surface area contributed by atoms with Crippen molar-refractivity contribution in [1.29, 1.82) is 0 Å². The molecule has 0 spiro atoms. The van der Waals surface area contributed by atoms with Gasteiger partial charge in [-0.05, 0) is 19.9 Å². The van der Waals surface area contributed by atoms with Crippen molar-refractivity contribution >= 4 is 24.0 Å². The number of ketones is 1. The number of carbonyl (C=O) groups excluding carboxylic acids is 4. The van der Waals surface area contributed by atoms with Gasteiger partial charge in [0.15, 0.2) is 5.78 Å². The molecule has 0 N–H and O–H groups in total. The fraction of sp³-hybridized carbons (Fsp3) is 0.368. The van der Waals surface area contributed by atoms with Crippen molar-refractivity contribution in [2.75, 3.05) is 0 Å². The van der Waals surface area contributed by atoms with Crippen molar-refractivity contribution in [1.82, 2.24) is 0 Å². The third-order valence-corrected chi connectivity index (χ3v) is 4.93. The zero-order valence-corrected chi connectivity index (χ0v) is 14.0. The highest BCUT2D eigenvalue weighted by Crippen LogP contribution is 2.47. The Balaban J connectivity index is 2.09. The molecule has 1 saturated heterocycles. The van der Waals surface area contributed by atoms with Gasteiger partial charge in [0.05, 0.1) is 11.8 Å². The molecule has 0 aromatic carbocycles. The number of hydrogen-bond donors (Lipinski definition) is 0. The van der Waals surface area contributed by atoms with E-state index in [1.807, 2.05) is 0 Å². The highest BCUT2D eigenvalue weighted by Gasteiger charge is 2.54. The van der Waals surface area contributed by atoms with Crippen LogP contribution in [0.5, 0.6) is 0 Å². The van der Waals surface area contributed by atoms with Gasteiger partial charge < -0.3 is 9.47 Å². The lowest BCUT2D eigenvalue weighted by atomic mass is 9.82. The monoisotopic (exact) mass is 342 g/mol. The lowest BCUT2D eigenvalue weighted by Crippen LogP contribution is -2.36. The fourth-order valence-electron chi connectivity index (χ4n) is 3.79. The molecule has 0 aromatic heterocycles. The Kier molecular flexibility index (Phi) is 4.06. The molecule has 0 amide bonds. The smallest absolute Gasteiger partial charge is 0.334 e. The van der Waals surface area contributed by atoms with E-state index in [9.17, 15) is 19.2 Å². The standard InChI is InChI=1S/C19H18O6/c1-8(2)18(22)24-13-5-9(3)14-12(21)6-11(7-20)16(14)17-15(13)10(4)19(23)25-17/h6-7,13,15-17H,1,4-5H2,2-3H3. The van der Waals surface area contributed by atoms with Gasteiger partial charge in [0, 0.05) is 28.7 Å². The van der Waals surface area contributed by atoms with E-state index in [0.717, 1.165) is 0 Å². The number of ether oxygens (including phenoxy) is 2. The van der Waals surface area contributed by atoms with Gasteiger partial charge >= 0.3 is 11.9 Å². The molecule has 1 fully saturated rings. The van der Waals surface area contributed by atoms with Gasteiger partial charge in [-0.3, -0.25) is 9.59 Å². The van der Waals surface area contributed by atoms with E-state index in [1.165, 1.54) is 13.0 Å². The van der Waals surface area contributed by atoms with E-state index in [2.05, 4.69) is 13.2 Å². The molecule has 0 radical (unpaired) electrons. The summed E-state index contributed by atoms with van der Waals surface area (Å²) in [6.07, 6.45) is 0.635. The third kappa shape index (κ3) is 2.58. The zero-order chi connectivity index (χ0) is 18.5. The van der Waals surface area contributed by atoms with Crippen molar-refractivity contribution in [3.63, 3.8) is 0 Å². The lowest BCUT2D eigenvalue weighted by molar-refractivity contribution is -0.148. The Morgan fingerprint density at radius 1 is 1.40 bits per heavy atom. The quantitative estimate of drug-likeness (QED) is 0.440. The Labute approximate surface area is 144 Å². The number of hydrogen-bond acceptors (Lipinski definition) is 6. The summed E-state index contributed by atoms with van der Waals surface area (Å²) in [7, 11) is 0. The minimum atomic E-state index is -0.793. The second kappa shape index (κ2) is 5.95. The first-order valence-electron chi connectivity index (χ1n) is 7.93. The molecule has 6 heteroatoms. The fourth-order valence-corrected chi connectivity index (χ4v) is 3.79. The average Bonchev–Trinajstić information content (AvgIpc) is 2.99. The molecule has 3 rings (SSSR count). The van der Waals surface area contributed by atoms with Crippen LogP contribution in [0.2, 0.25) is 0 Å². The Morgan fingerprint density at radius 3 is 2.68 bits per heavy atom. The predicted molar refractivity (Wildman–Crippen MR) is 87.2 cm³/mol. The summed E-state index contributed by atoms with van der Waals surface area (Å²) in [5, 5.41) is 0. The van der Waals surface area contributed by atoms with Crippen molar-refractivity contribution in [3.05, 3.63) is 47.1 Å². The van der Waals surface area contributed by atoms with Gasteiger partial charge in [0.25, 0.3) is 0 Å². The van der Waals surface area contributed by atoms with Crippen molar-refractivity contribution in [2.24, 2.45) is 11.8 Å². The van der Waals surface area contributed by atoms with E-state index in [1.54, 1.807) is 6.92 Å². The molecular formula is C19H18O6. The van der Waals surface area contributed by atoms with Crippen LogP contribution < -0.4 is 0 Å². The van der Waals surface area contributed by atoms with Gasteiger partial charge in [-0.15, -0.1) is 0 Å². The number of allylic oxidation sites excluding steroid dienone is 1. The number of fused-ring (bicyclic) bond motifs is 3. The van der Waals surface area contributed by atoms with Crippen LogP contribution >= 0.6 is 0 Å². The molecule has 4 unspecified atom stereocenters. The maximum Gasteiger partial charge on any atom is 0.334 e. The topological polar surface area (TPSA) is 86.7 Å². The van der Waals surface area contributed by atoms with Crippen LogP contribution in [0.4, 0.5) is 0 Å². The molecule has 2 aliphatic carbocycles. The molecule has 0 bridgehead atoms. The van der Waals surface area contributed by atoms with Crippen LogP contribution in [0, 0.1) is 11.8 Å². The van der Waals surface area contributed by atoms with Crippen molar-refractivity contribution in [3.8, 4) is 0 Å². The summed E-state index contributed by atoms with van der Waals surface area (Å²) in [6, 6.07) is 0. The SMILES string of the molecule is C=C(C)C(=O)OC1CC(C)=C2C(=O)C=C(C=O)C2C2OC(=O)C(=C)C12. The van der Waals surface area contributed by atoms with Gasteiger partial charge in [-0.1, -0.05) is 18.7 Å². The van der Waals surface area contributed by atoms with Gasteiger partial charge in [0.1, 0.15) is 18.5 Å². The van der Waals surface area contributed by atoms with Crippen molar-refractivity contribution < 1.29 is 28.7 Å². The number of rotatable bonds is 3. The van der Waals surface area contributed by atoms with Gasteiger partial charge in [0.2, 0.25) is 0 Å². The zero-order valence-electron chi connectivity index (χ0n) is 14.0. The minimum absolute atomic E-state index is 0.183. The van der Waals surface area contributed by atoms with E-state index in [-0.39, 0.29) is 28.9 Å². The number of esters is 2. The molecule has 0 aromatic rings. The summed E-state index contributed by atoms with van der Waals surface area (Å²) < 4.78 is 11.0. The summed E-state index contributed by atoms with van der Waals surface area (Å²) in [4.78, 5) is 47.9. The predicted octanol–water partition coefficient (Wildman–Crippen LogP) is 1.62. The van der Waals surface area contributed by atoms with Crippen LogP contribution in [-0.2, 0) is 28.7 Å². The van der Waals surface area contributed by atoms with Crippen LogP contribution in [0.1, 0.15) is 20.3 Å². The molecule has 0 saturated carbocycles. The molecule has 25 heavy (non-hydrogen) atoms. The van der Waals surface area contributed by atoms with E-state index < -0.39 is 36.0 Å². The number of carbonyl (C=O) groups is 4. The highest BCUT2D eigenvalue weighted by molar-refractivity contribution is 6.13. The Morgan fingerprint density at radius 2 is 2.08 bits per heavy atom. The Bertz CT molecular complexity index is 797. The van der Waals surface area contributed by atoms with E-state index in [4.69, 9.17) is 9.47 Å². The maximum atomic E-state index is 12.4. The lowest BCUT2D eigenvalue weighted by Gasteiger charge is -2.27. The normalized spacial score (nSPS) is 31.0. The van der Waals surface area contributed by atoms with E-state index >= 15 is 0 Å². The summed E-state index contributed by atoms with van der Waals surface area (Å²) in [6.45, 7) is 10.6. The molecule has 1 aliphatic heterocycles. The van der Waals surface area contributed by atoms with Crippen LogP contribution in [-0.4, -0.2) is 36.2 Å². The second-order valence-electron chi connectivity index (χ2n) is 6.65. The van der Waals surface area contributed by atoms with Crippen molar-refractivity contribution in [2.45, 2.75) is 32.5 Å². The highest BCUT2D eigenvalue weighted by atomic mass is 16.6. The molecule has 3 aliphatic rings. The van der Waals surface area contributed by atoms with E-state index in [0.29, 0.717) is 17.4 Å². The third-order valence-electron chi connectivity index (χ3n) is 4.93. The minimum Gasteiger partial charge on any atom is -0.458 e. The summed E-state index contributed by atoms with van der Waals surface area (Å²) in [5.41, 5.74) is 1.83. The Hall–Kier alpha value is -2.76. The largest absolute Gasteiger partial charge is 0.458 e. The molecule has 130 valence electrons. The first-order valence-corrected chi connectivity index (χ1v) is 7.93.